The SMILES string of the molecule is [2H]C([2H])([2H])[Se]c1ccc(-c2ccccc2)cc1. The first-order chi connectivity index (χ1) is 8.04. The Hall–Kier alpha value is -1.04. The van der Waals surface area contributed by atoms with Crippen molar-refractivity contribution in [3.8, 4) is 11.1 Å². The molecular formula is C13H12Se. The van der Waals surface area contributed by atoms with Gasteiger partial charge in [-0.05, 0) is 0 Å². The zero-order valence-electron chi connectivity index (χ0n) is 10.6. The summed E-state index contributed by atoms with van der Waals surface area (Å²) in [5.41, 5.74) is 2.27. The first-order valence-electron chi connectivity index (χ1n) is 5.89. The van der Waals surface area contributed by atoms with Crippen LogP contribution in [0.25, 0.3) is 11.1 Å². The van der Waals surface area contributed by atoms with Crippen LogP contribution < -0.4 is 4.46 Å². The van der Waals surface area contributed by atoms with Crippen LogP contribution >= 0.6 is 0 Å². The third-order valence-electron chi connectivity index (χ3n) is 2.08. The fourth-order valence-electron chi connectivity index (χ4n) is 1.35. The molecule has 0 aromatic heterocycles. The minimum absolute atomic E-state index is 0.456. The van der Waals surface area contributed by atoms with Gasteiger partial charge in [0.05, 0.1) is 0 Å². The van der Waals surface area contributed by atoms with Gasteiger partial charge in [-0.3, -0.25) is 0 Å². The van der Waals surface area contributed by atoms with Gasteiger partial charge in [-0.15, -0.1) is 0 Å². The summed E-state index contributed by atoms with van der Waals surface area (Å²) in [6.07, 6.45) is 0. The van der Waals surface area contributed by atoms with Crippen molar-refractivity contribution in [2.24, 2.45) is 0 Å². The van der Waals surface area contributed by atoms with Gasteiger partial charge in [-0.2, -0.15) is 0 Å². The summed E-state index contributed by atoms with van der Waals surface area (Å²) in [5, 5.41) is 0. The molecule has 0 saturated heterocycles. The normalized spacial score (nSPS) is 14.1. The molecule has 0 aliphatic carbocycles. The fraction of sp³-hybridized carbons (Fsp3) is 0.0769. The van der Waals surface area contributed by atoms with Gasteiger partial charge in [0.2, 0.25) is 0 Å². The Balaban J connectivity index is 2.19. The number of hydrogen-bond acceptors (Lipinski definition) is 0. The summed E-state index contributed by atoms with van der Waals surface area (Å²) in [6.45, 7) is 0. The van der Waals surface area contributed by atoms with E-state index in [9.17, 15) is 0 Å². The molecule has 14 heavy (non-hydrogen) atoms. The van der Waals surface area contributed by atoms with Crippen LogP contribution in [-0.4, -0.2) is 15.0 Å². The van der Waals surface area contributed by atoms with Crippen molar-refractivity contribution in [1.82, 2.24) is 0 Å². The zero-order valence-corrected chi connectivity index (χ0v) is 9.32. The van der Waals surface area contributed by atoms with Gasteiger partial charge in [-0.1, -0.05) is 0 Å². The second-order valence-corrected chi connectivity index (χ2v) is 4.41. The van der Waals surface area contributed by atoms with Gasteiger partial charge in [0.1, 0.15) is 0 Å². The van der Waals surface area contributed by atoms with E-state index in [-0.39, 0.29) is 0 Å². The van der Waals surface area contributed by atoms with Crippen LogP contribution in [0.4, 0.5) is 0 Å². The van der Waals surface area contributed by atoms with E-state index in [4.69, 9.17) is 4.11 Å². The third kappa shape index (κ3) is 2.06. The molecule has 0 radical (unpaired) electrons. The van der Waals surface area contributed by atoms with E-state index in [2.05, 4.69) is 0 Å². The molecule has 0 unspecified atom stereocenters. The number of benzene rings is 2. The Morgan fingerprint density at radius 3 is 2.14 bits per heavy atom. The second-order valence-electron chi connectivity index (χ2n) is 2.99. The Bertz CT molecular complexity index is 474. The van der Waals surface area contributed by atoms with Gasteiger partial charge >= 0.3 is 95.0 Å². The summed E-state index contributed by atoms with van der Waals surface area (Å²) in [5.74, 6) is -1.83. The molecular weight excluding hydrogens is 235 g/mol. The molecule has 0 N–H and O–H groups in total. The van der Waals surface area contributed by atoms with Crippen molar-refractivity contribution in [3.63, 3.8) is 0 Å². The molecule has 0 amide bonds. The Morgan fingerprint density at radius 2 is 1.50 bits per heavy atom. The summed E-state index contributed by atoms with van der Waals surface area (Å²) in [4.78, 5) is 0. The Labute approximate surface area is 95.3 Å². The molecule has 0 bridgehead atoms. The molecule has 2 aromatic rings. The predicted octanol–water partition coefficient (Wildman–Crippen LogP) is 2.73. The monoisotopic (exact) mass is 251 g/mol. The van der Waals surface area contributed by atoms with Crippen molar-refractivity contribution in [2.45, 2.75) is 5.75 Å². The quantitative estimate of drug-likeness (QED) is 0.719. The van der Waals surface area contributed by atoms with Crippen LogP contribution in [0.1, 0.15) is 4.11 Å². The maximum absolute atomic E-state index is 7.25. The summed E-state index contributed by atoms with van der Waals surface area (Å²) in [6, 6.07) is 17.9. The maximum atomic E-state index is 7.25. The molecule has 0 aliphatic rings. The first-order valence-corrected chi connectivity index (χ1v) is 6.10. The summed E-state index contributed by atoms with van der Waals surface area (Å²) < 4.78 is 22.7. The van der Waals surface area contributed by atoms with Gasteiger partial charge in [-0.25, -0.2) is 0 Å². The zero-order chi connectivity index (χ0) is 12.3. The van der Waals surface area contributed by atoms with E-state index in [0.717, 1.165) is 15.6 Å². The van der Waals surface area contributed by atoms with E-state index < -0.39 is 20.7 Å². The van der Waals surface area contributed by atoms with Crippen molar-refractivity contribution in [1.29, 1.82) is 0 Å². The average Bonchev–Trinajstić information content (AvgIpc) is 2.29. The van der Waals surface area contributed by atoms with Crippen molar-refractivity contribution in [2.75, 3.05) is 0 Å². The molecule has 70 valence electrons. The van der Waals surface area contributed by atoms with Crippen LogP contribution in [-0.2, 0) is 0 Å². The van der Waals surface area contributed by atoms with Gasteiger partial charge in [0.25, 0.3) is 0 Å². The van der Waals surface area contributed by atoms with E-state index in [1.165, 1.54) is 0 Å². The van der Waals surface area contributed by atoms with Crippen molar-refractivity contribution in [3.05, 3.63) is 54.6 Å². The first kappa shape index (κ1) is 6.44. The predicted molar refractivity (Wildman–Crippen MR) is 63.1 cm³/mol. The number of rotatable bonds is 2. The van der Waals surface area contributed by atoms with Gasteiger partial charge in [0, 0.05) is 0 Å². The molecule has 0 aliphatic heterocycles. The van der Waals surface area contributed by atoms with Gasteiger partial charge in [0.15, 0.2) is 0 Å². The van der Waals surface area contributed by atoms with E-state index >= 15 is 0 Å². The second kappa shape index (κ2) is 4.45. The topological polar surface area (TPSA) is 0 Å². The molecule has 2 rings (SSSR count). The summed E-state index contributed by atoms with van der Waals surface area (Å²) >= 11 is -0.456. The average molecular weight is 250 g/mol. The van der Waals surface area contributed by atoms with Crippen LogP contribution in [0.3, 0.4) is 0 Å². The molecule has 2 aromatic carbocycles. The third-order valence-corrected chi connectivity index (χ3v) is 3.14. The molecule has 0 atom stereocenters. The Kier molecular flexibility index (Phi) is 2.05. The fourth-order valence-corrected chi connectivity index (χ4v) is 1.92. The standard InChI is InChI=1S/C13H12Se/c1-14-13-9-7-12(8-10-13)11-5-3-2-4-6-11/h2-10H,1H3/i1D3. The summed E-state index contributed by atoms with van der Waals surface area (Å²) in [7, 11) is 0. The van der Waals surface area contributed by atoms with E-state index in [1.54, 1.807) is 0 Å². The Morgan fingerprint density at radius 1 is 0.857 bits per heavy atom. The van der Waals surface area contributed by atoms with Crippen LogP contribution in [0, 0.1) is 0 Å². The molecule has 0 fully saturated rings. The molecule has 0 nitrogen and oxygen atoms in total. The van der Waals surface area contributed by atoms with Crippen LogP contribution in [0.5, 0.6) is 0 Å². The van der Waals surface area contributed by atoms with Crippen LogP contribution in [0.2, 0.25) is 5.75 Å². The molecule has 0 spiro atoms. The molecule has 1 heteroatoms. The van der Waals surface area contributed by atoms with Crippen LogP contribution in [0.15, 0.2) is 54.6 Å². The minimum atomic E-state index is -1.83. The van der Waals surface area contributed by atoms with Crippen molar-refractivity contribution >= 4 is 19.4 Å². The van der Waals surface area contributed by atoms with Gasteiger partial charge < -0.3 is 0 Å². The number of hydrogen-bond donors (Lipinski definition) is 0. The van der Waals surface area contributed by atoms with E-state index in [1.807, 2.05) is 54.6 Å². The molecule has 0 saturated carbocycles. The molecule has 0 heterocycles. The van der Waals surface area contributed by atoms with E-state index in [0.29, 0.717) is 0 Å². The van der Waals surface area contributed by atoms with Crippen molar-refractivity contribution < 1.29 is 4.11 Å².